The molecule has 0 radical (unpaired) electrons. The van der Waals surface area contributed by atoms with E-state index < -0.39 is 10.0 Å². The molecule has 124 valence electrons. The Hall–Kier alpha value is -2.43. The van der Waals surface area contributed by atoms with Gasteiger partial charge in [-0.3, -0.25) is 0 Å². The number of anilines is 1. The fraction of sp³-hybridized carbons (Fsp3) is 0.235. The standard InChI is InChI=1S/C17H16FN3O2S/c18-15-6-2-3-7-16(15)20-9-11-21(12-10-20)24(22,23)17-8-4-1-5-14(17)13-19/h1-8H,9-12H2. The zero-order valence-electron chi connectivity index (χ0n) is 12.9. The van der Waals surface area contributed by atoms with Crippen LogP contribution in [0.4, 0.5) is 10.1 Å². The van der Waals surface area contributed by atoms with E-state index >= 15 is 0 Å². The Bertz CT molecular complexity index is 885. The van der Waals surface area contributed by atoms with Gasteiger partial charge in [0.15, 0.2) is 0 Å². The van der Waals surface area contributed by atoms with Crippen molar-refractivity contribution < 1.29 is 12.8 Å². The van der Waals surface area contributed by atoms with Gasteiger partial charge in [0.25, 0.3) is 0 Å². The van der Waals surface area contributed by atoms with E-state index in [0.717, 1.165) is 0 Å². The molecule has 7 heteroatoms. The molecule has 0 amide bonds. The number of hydrogen-bond donors (Lipinski definition) is 0. The first kappa shape index (κ1) is 16.4. The number of nitrogens with zero attached hydrogens (tertiary/aromatic N) is 3. The highest BCUT2D eigenvalue weighted by Crippen LogP contribution is 2.24. The summed E-state index contributed by atoms with van der Waals surface area (Å²) in [4.78, 5) is 1.85. The highest BCUT2D eigenvalue weighted by molar-refractivity contribution is 7.89. The lowest BCUT2D eigenvalue weighted by atomic mass is 10.2. The van der Waals surface area contributed by atoms with Crippen molar-refractivity contribution in [3.05, 3.63) is 59.9 Å². The Balaban J connectivity index is 1.79. The Kier molecular flexibility index (Phi) is 4.51. The summed E-state index contributed by atoms with van der Waals surface area (Å²) in [5, 5.41) is 9.12. The Morgan fingerprint density at radius 3 is 2.25 bits per heavy atom. The number of piperazine rings is 1. The largest absolute Gasteiger partial charge is 0.367 e. The average Bonchev–Trinajstić information content (AvgIpc) is 2.62. The van der Waals surface area contributed by atoms with Crippen LogP contribution in [0.5, 0.6) is 0 Å². The van der Waals surface area contributed by atoms with E-state index in [9.17, 15) is 12.8 Å². The molecule has 0 unspecified atom stereocenters. The van der Waals surface area contributed by atoms with E-state index in [0.29, 0.717) is 18.8 Å². The van der Waals surface area contributed by atoms with E-state index in [-0.39, 0.29) is 29.4 Å². The molecular formula is C17H16FN3O2S. The highest BCUT2D eigenvalue weighted by Gasteiger charge is 2.30. The fourth-order valence-corrected chi connectivity index (χ4v) is 4.36. The summed E-state index contributed by atoms with van der Waals surface area (Å²) in [6, 6.07) is 14.5. The first-order chi connectivity index (χ1) is 11.5. The van der Waals surface area contributed by atoms with Gasteiger partial charge in [0.2, 0.25) is 10.0 Å². The van der Waals surface area contributed by atoms with Gasteiger partial charge in [-0.05, 0) is 24.3 Å². The lowest BCUT2D eigenvalue weighted by Crippen LogP contribution is -2.49. The van der Waals surface area contributed by atoms with E-state index in [1.54, 1.807) is 30.3 Å². The summed E-state index contributed by atoms with van der Waals surface area (Å²) in [5.41, 5.74) is 0.612. The van der Waals surface area contributed by atoms with Crippen molar-refractivity contribution in [1.82, 2.24) is 4.31 Å². The molecule has 3 rings (SSSR count). The average molecular weight is 345 g/mol. The molecule has 0 N–H and O–H groups in total. The Morgan fingerprint density at radius 1 is 0.958 bits per heavy atom. The molecule has 1 aliphatic heterocycles. The first-order valence-electron chi connectivity index (χ1n) is 7.53. The Morgan fingerprint density at radius 2 is 1.58 bits per heavy atom. The second-order valence-corrected chi connectivity index (χ2v) is 7.36. The SMILES string of the molecule is N#Cc1ccccc1S(=O)(=O)N1CCN(c2ccccc2F)CC1. The van der Waals surface area contributed by atoms with E-state index in [4.69, 9.17) is 5.26 Å². The van der Waals surface area contributed by atoms with Gasteiger partial charge in [-0.15, -0.1) is 0 Å². The number of halogens is 1. The molecule has 1 fully saturated rings. The van der Waals surface area contributed by atoms with Gasteiger partial charge in [0.1, 0.15) is 11.9 Å². The van der Waals surface area contributed by atoms with Crippen LogP contribution in [0.2, 0.25) is 0 Å². The lowest BCUT2D eigenvalue weighted by molar-refractivity contribution is 0.383. The normalized spacial score (nSPS) is 15.9. The number of para-hydroxylation sites is 1. The van der Waals surface area contributed by atoms with Gasteiger partial charge in [-0.1, -0.05) is 24.3 Å². The fourth-order valence-electron chi connectivity index (χ4n) is 2.80. The molecule has 2 aromatic rings. The number of hydrogen-bond acceptors (Lipinski definition) is 4. The predicted molar refractivity (Wildman–Crippen MR) is 88.5 cm³/mol. The van der Waals surface area contributed by atoms with Crippen molar-refractivity contribution in [3.63, 3.8) is 0 Å². The van der Waals surface area contributed by atoms with Crippen LogP contribution in [-0.4, -0.2) is 38.9 Å². The van der Waals surface area contributed by atoms with Crippen molar-refractivity contribution in [2.24, 2.45) is 0 Å². The van der Waals surface area contributed by atoms with Gasteiger partial charge in [0.05, 0.1) is 16.1 Å². The van der Waals surface area contributed by atoms with Crippen LogP contribution in [0.15, 0.2) is 53.4 Å². The summed E-state index contributed by atoms with van der Waals surface area (Å²) < 4.78 is 40.7. The van der Waals surface area contributed by atoms with E-state index in [1.807, 2.05) is 11.0 Å². The summed E-state index contributed by atoms with van der Waals surface area (Å²) >= 11 is 0. The maximum atomic E-state index is 13.9. The second-order valence-electron chi connectivity index (χ2n) is 5.45. The Labute approximate surface area is 140 Å². The minimum atomic E-state index is -3.73. The summed E-state index contributed by atoms with van der Waals surface area (Å²) in [7, 11) is -3.73. The van der Waals surface area contributed by atoms with E-state index in [1.165, 1.54) is 22.5 Å². The molecule has 0 aromatic heterocycles. The third kappa shape index (κ3) is 2.98. The molecule has 1 saturated heterocycles. The lowest BCUT2D eigenvalue weighted by Gasteiger charge is -2.35. The molecule has 0 spiro atoms. The maximum absolute atomic E-state index is 13.9. The van der Waals surface area contributed by atoms with E-state index in [2.05, 4.69) is 0 Å². The molecular weight excluding hydrogens is 329 g/mol. The molecule has 1 aliphatic rings. The van der Waals surface area contributed by atoms with Crippen LogP contribution in [0, 0.1) is 17.1 Å². The zero-order chi connectivity index (χ0) is 17.2. The van der Waals surface area contributed by atoms with Crippen molar-refractivity contribution >= 4 is 15.7 Å². The smallest absolute Gasteiger partial charge is 0.244 e. The maximum Gasteiger partial charge on any atom is 0.244 e. The molecule has 0 saturated carbocycles. The number of benzene rings is 2. The predicted octanol–water partition coefficient (Wildman–Crippen LogP) is 2.21. The van der Waals surface area contributed by atoms with Crippen LogP contribution in [-0.2, 0) is 10.0 Å². The zero-order valence-corrected chi connectivity index (χ0v) is 13.7. The highest BCUT2D eigenvalue weighted by atomic mass is 32.2. The third-order valence-electron chi connectivity index (χ3n) is 4.06. The summed E-state index contributed by atoms with van der Waals surface area (Å²) in [5.74, 6) is -0.316. The summed E-state index contributed by atoms with van der Waals surface area (Å²) in [6.45, 7) is 1.29. The van der Waals surface area contributed by atoms with Crippen molar-refractivity contribution in [2.45, 2.75) is 4.90 Å². The summed E-state index contributed by atoms with van der Waals surface area (Å²) in [6.07, 6.45) is 0. The second kappa shape index (κ2) is 6.59. The molecule has 0 bridgehead atoms. The first-order valence-corrected chi connectivity index (χ1v) is 8.97. The van der Waals surface area contributed by atoms with Gasteiger partial charge >= 0.3 is 0 Å². The number of sulfonamides is 1. The van der Waals surface area contributed by atoms with Crippen LogP contribution in [0.25, 0.3) is 0 Å². The van der Waals surface area contributed by atoms with Crippen LogP contribution >= 0.6 is 0 Å². The quantitative estimate of drug-likeness (QED) is 0.855. The molecule has 24 heavy (non-hydrogen) atoms. The van der Waals surface area contributed by atoms with Gasteiger partial charge in [0, 0.05) is 26.2 Å². The van der Waals surface area contributed by atoms with Crippen LogP contribution < -0.4 is 4.90 Å². The van der Waals surface area contributed by atoms with Gasteiger partial charge in [-0.25, -0.2) is 12.8 Å². The minimum Gasteiger partial charge on any atom is -0.367 e. The monoisotopic (exact) mass is 345 g/mol. The van der Waals surface area contributed by atoms with Crippen molar-refractivity contribution in [2.75, 3.05) is 31.1 Å². The van der Waals surface area contributed by atoms with Gasteiger partial charge in [-0.2, -0.15) is 9.57 Å². The number of nitriles is 1. The number of rotatable bonds is 3. The minimum absolute atomic E-state index is 0.0202. The van der Waals surface area contributed by atoms with Crippen molar-refractivity contribution in [3.8, 4) is 6.07 Å². The topological polar surface area (TPSA) is 64.4 Å². The molecule has 5 nitrogen and oxygen atoms in total. The van der Waals surface area contributed by atoms with Crippen molar-refractivity contribution in [1.29, 1.82) is 5.26 Å². The van der Waals surface area contributed by atoms with Crippen LogP contribution in [0.1, 0.15) is 5.56 Å². The van der Waals surface area contributed by atoms with Crippen LogP contribution in [0.3, 0.4) is 0 Å². The van der Waals surface area contributed by atoms with Gasteiger partial charge < -0.3 is 4.90 Å². The molecule has 1 heterocycles. The molecule has 2 aromatic carbocycles. The molecule has 0 atom stereocenters. The third-order valence-corrected chi connectivity index (χ3v) is 6.01. The molecule has 0 aliphatic carbocycles.